The first-order chi connectivity index (χ1) is 13.0. The van der Waals surface area contributed by atoms with Gasteiger partial charge >= 0.3 is 0 Å². The van der Waals surface area contributed by atoms with Crippen LogP contribution < -0.4 is 4.72 Å². The lowest BCUT2D eigenvalue weighted by molar-refractivity contribution is -0.136. The molecule has 148 valence electrons. The molecule has 1 N–H and O–H groups in total. The number of carbonyl (C=O) groups is 1. The van der Waals surface area contributed by atoms with Crippen LogP contribution >= 0.6 is 0 Å². The number of nitrogens with one attached hydrogen (secondary N) is 1. The summed E-state index contributed by atoms with van der Waals surface area (Å²) >= 11 is 0. The van der Waals surface area contributed by atoms with Crippen molar-refractivity contribution in [2.45, 2.75) is 62.0 Å². The summed E-state index contributed by atoms with van der Waals surface area (Å²) in [4.78, 5) is 18.5. The summed E-state index contributed by atoms with van der Waals surface area (Å²) in [7, 11) is -3.43. The van der Waals surface area contributed by atoms with E-state index in [0.29, 0.717) is 26.1 Å². The molecular formula is C20H29N3O3S. The van der Waals surface area contributed by atoms with E-state index in [0.717, 1.165) is 50.5 Å². The number of hydrogen-bond donors (Lipinski definition) is 1. The monoisotopic (exact) mass is 391 g/mol. The van der Waals surface area contributed by atoms with Crippen molar-refractivity contribution in [3.63, 3.8) is 0 Å². The molecule has 1 saturated heterocycles. The van der Waals surface area contributed by atoms with Gasteiger partial charge in [0.25, 0.3) is 0 Å². The van der Waals surface area contributed by atoms with E-state index < -0.39 is 15.3 Å². The molecule has 3 aliphatic rings. The molecule has 2 heterocycles. The zero-order valence-electron chi connectivity index (χ0n) is 15.8. The Morgan fingerprint density at radius 1 is 1.15 bits per heavy atom. The number of piperidine rings is 1. The van der Waals surface area contributed by atoms with Crippen molar-refractivity contribution in [1.29, 1.82) is 0 Å². The maximum absolute atomic E-state index is 12.9. The zero-order chi connectivity index (χ0) is 18.9. The van der Waals surface area contributed by atoms with Crippen LogP contribution in [0.1, 0.15) is 56.9 Å². The van der Waals surface area contributed by atoms with Crippen molar-refractivity contribution in [3.05, 3.63) is 30.1 Å². The van der Waals surface area contributed by atoms with Crippen LogP contribution in [0.15, 0.2) is 24.5 Å². The maximum atomic E-state index is 12.9. The van der Waals surface area contributed by atoms with Crippen molar-refractivity contribution in [2.24, 2.45) is 5.92 Å². The fourth-order valence-electron chi connectivity index (χ4n) is 4.60. The van der Waals surface area contributed by atoms with Gasteiger partial charge in [0, 0.05) is 43.4 Å². The Balaban J connectivity index is 1.37. The minimum absolute atomic E-state index is 0.0793. The molecule has 27 heavy (non-hydrogen) atoms. The molecule has 1 aromatic heterocycles. The molecule has 4 rings (SSSR count). The highest BCUT2D eigenvalue weighted by Crippen LogP contribution is 2.47. The fourth-order valence-corrected chi connectivity index (χ4v) is 6.17. The van der Waals surface area contributed by atoms with Crippen LogP contribution in [0.2, 0.25) is 0 Å². The van der Waals surface area contributed by atoms with Crippen LogP contribution in [0, 0.1) is 5.92 Å². The standard InChI is InChI=1S/C20H29N3O3S/c24-19(16-4-1-2-5-16)23-13-3-6-18(14-23)27(25,26)22-15-20(9-10-20)17-7-11-21-12-8-17/h7-8,11-12,16,18,22H,1-6,9-10,13-15H2. The maximum Gasteiger partial charge on any atom is 0.225 e. The number of carbonyl (C=O) groups excluding carboxylic acids is 1. The summed E-state index contributed by atoms with van der Waals surface area (Å²) in [5, 5.41) is -0.496. The van der Waals surface area contributed by atoms with Crippen LogP contribution in [-0.2, 0) is 20.2 Å². The van der Waals surface area contributed by atoms with Gasteiger partial charge in [-0.3, -0.25) is 9.78 Å². The van der Waals surface area contributed by atoms with Gasteiger partial charge in [0.15, 0.2) is 0 Å². The van der Waals surface area contributed by atoms with Crippen molar-refractivity contribution in [3.8, 4) is 0 Å². The molecule has 1 aliphatic heterocycles. The molecule has 1 amide bonds. The molecule has 0 aromatic carbocycles. The molecule has 6 nitrogen and oxygen atoms in total. The van der Waals surface area contributed by atoms with Gasteiger partial charge < -0.3 is 4.90 Å². The minimum Gasteiger partial charge on any atom is -0.341 e. The molecule has 1 aromatic rings. The molecule has 0 radical (unpaired) electrons. The number of nitrogens with zero attached hydrogens (tertiary/aromatic N) is 2. The van der Waals surface area contributed by atoms with Crippen molar-refractivity contribution in [1.82, 2.24) is 14.6 Å². The molecule has 7 heteroatoms. The first-order valence-corrected chi connectivity index (χ1v) is 11.7. The van der Waals surface area contributed by atoms with E-state index in [2.05, 4.69) is 9.71 Å². The van der Waals surface area contributed by atoms with Crippen molar-refractivity contribution < 1.29 is 13.2 Å². The second kappa shape index (κ2) is 7.51. The third-order valence-corrected chi connectivity index (χ3v) is 8.40. The lowest BCUT2D eigenvalue weighted by atomic mass is 9.98. The lowest BCUT2D eigenvalue weighted by Gasteiger charge is -2.34. The van der Waals surface area contributed by atoms with Gasteiger partial charge in [-0.15, -0.1) is 0 Å². The van der Waals surface area contributed by atoms with Crippen LogP contribution in [0.5, 0.6) is 0 Å². The SMILES string of the molecule is O=C(C1CCCC1)N1CCCC(S(=O)(=O)NCC2(c3ccncc3)CC2)C1. The van der Waals surface area contributed by atoms with Gasteiger partial charge in [0.05, 0.1) is 5.25 Å². The highest BCUT2D eigenvalue weighted by atomic mass is 32.2. The number of likely N-dealkylation sites (tertiary alicyclic amines) is 1. The van der Waals surface area contributed by atoms with E-state index >= 15 is 0 Å². The lowest BCUT2D eigenvalue weighted by Crippen LogP contribution is -2.50. The fraction of sp³-hybridized carbons (Fsp3) is 0.700. The molecule has 1 unspecified atom stereocenters. The van der Waals surface area contributed by atoms with Gasteiger partial charge in [-0.05, 0) is 56.2 Å². The van der Waals surface area contributed by atoms with E-state index in [1.54, 1.807) is 17.3 Å². The Bertz CT molecular complexity index is 771. The first-order valence-electron chi connectivity index (χ1n) is 10.2. The molecule has 0 spiro atoms. The van der Waals surface area contributed by atoms with Gasteiger partial charge in [0.1, 0.15) is 0 Å². The Morgan fingerprint density at radius 2 is 1.85 bits per heavy atom. The summed E-state index contributed by atoms with van der Waals surface area (Å²) in [5.41, 5.74) is 1.08. The zero-order valence-corrected chi connectivity index (χ0v) is 16.6. The van der Waals surface area contributed by atoms with Crippen molar-refractivity contribution in [2.75, 3.05) is 19.6 Å². The molecule has 3 fully saturated rings. The highest BCUT2D eigenvalue weighted by molar-refractivity contribution is 7.90. The van der Waals surface area contributed by atoms with E-state index in [-0.39, 0.29) is 17.2 Å². The van der Waals surface area contributed by atoms with E-state index in [1.807, 2.05) is 12.1 Å². The number of amides is 1. The predicted octanol–water partition coefficient (Wildman–Crippen LogP) is 2.21. The summed E-state index contributed by atoms with van der Waals surface area (Å²) in [6.45, 7) is 1.47. The molecule has 0 bridgehead atoms. The van der Waals surface area contributed by atoms with Crippen LogP contribution in [-0.4, -0.2) is 49.1 Å². The Kier molecular flexibility index (Phi) is 5.25. The van der Waals surface area contributed by atoms with Gasteiger partial charge in [0.2, 0.25) is 15.9 Å². The average molecular weight is 392 g/mol. The number of rotatable bonds is 6. The number of pyridine rings is 1. The Hall–Kier alpha value is -1.47. The number of aromatic nitrogens is 1. The predicted molar refractivity (Wildman–Crippen MR) is 104 cm³/mol. The summed E-state index contributed by atoms with van der Waals surface area (Å²) in [6.07, 6.45) is 11.1. The molecule has 2 aliphatic carbocycles. The summed E-state index contributed by atoms with van der Waals surface area (Å²) in [6, 6.07) is 3.95. The first kappa shape index (κ1) is 18.9. The molecular weight excluding hydrogens is 362 g/mol. The third-order valence-electron chi connectivity index (χ3n) is 6.59. The minimum atomic E-state index is -3.43. The van der Waals surface area contributed by atoms with E-state index in [4.69, 9.17) is 0 Å². The topological polar surface area (TPSA) is 79.4 Å². The smallest absolute Gasteiger partial charge is 0.225 e. The van der Waals surface area contributed by atoms with Gasteiger partial charge in [-0.2, -0.15) is 0 Å². The van der Waals surface area contributed by atoms with Gasteiger partial charge in [-0.1, -0.05) is 12.8 Å². The largest absolute Gasteiger partial charge is 0.341 e. The summed E-state index contributed by atoms with van der Waals surface area (Å²) in [5.74, 6) is 0.281. The third kappa shape index (κ3) is 4.04. The second-order valence-electron chi connectivity index (χ2n) is 8.41. The van der Waals surface area contributed by atoms with E-state index in [9.17, 15) is 13.2 Å². The molecule has 2 saturated carbocycles. The number of sulfonamides is 1. The molecule has 1 atom stereocenters. The quantitative estimate of drug-likeness (QED) is 0.806. The number of hydrogen-bond acceptors (Lipinski definition) is 4. The normalized spacial score (nSPS) is 25.5. The van der Waals surface area contributed by atoms with Crippen LogP contribution in [0.3, 0.4) is 0 Å². The van der Waals surface area contributed by atoms with Crippen LogP contribution in [0.25, 0.3) is 0 Å². The second-order valence-corrected chi connectivity index (χ2v) is 10.5. The van der Waals surface area contributed by atoms with Crippen LogP contribution in [0.4, 0.5) is 0 Å². The van der Waals surface area contributed by atoms with Crippen molar-refractivity contribution >= 4 is 15.9 Å². The highest BCUT2D eigenvalue weighted by Gasteiger charge is 2.45. The van der Waals surface area contributed by atoms with Gasteiger partial charge in [-0.25, -0.2) is 13.1 Å². The Morgan fingerprint density at radius 3 is 2.52 bits per heavy atom. The van der Waals surface area contributed by atoms with E-state index in [1.165, 1.54) is 0 Å². The summed E-state index contributed by atoms with van der Waals surface area (Å²) < 4.78 is 28.7. The Labute approximate surface area is 161 Å². The average Bonchev–Trinajstić information content (AvgIpc) is 3.30.